The first-order chi connectivity index (χ1) is 11.8. The summed E-state index contributed by atoms with van der Waals surface area (Å²) in [5.41, 5.74) is -0.377. The van der Waals surface area contributed by atoms with Crippen molar-refractivity contribution in [2.45, 2.75) is 32.1 Å². The second-order valence-corrected chi connectivity index (χ2v) is 8.51. The minimum absolute atomic E-state index is 0.0311. The third-order valence-corrected chi connectivity index (χ3v) is 6.26. The van der Waals surface area contributed by atoms with Gasteiger partial charge in [-0.05, 0) is 43.0 Å². The van der Waals surface area contributed by atoms with Crippen LogP contribution in [0.3, 0.4) is 0 Å². The number of hydrogen-bond acceptors (Lipinski definition) is 5. The number of nitriles is 1. The van der Waals surface area contributed by atoms with Gasteiger partial charge in [-0.25, -0.2) is 12.8 Å². The summed E-state index contributed by atoms with van der Waals surface area (Å²) in [6, 6.07) is 6.16. The fourth-order valence-electron chi connectivity index (χ4n) is 3.51. The molecular formula is C17H19FN2O4S. The number of sulfonamides is 1. The molecule has 0 bridgehead atoms. The minimum Gasteiger partial charge on any atom is -0.492 e. The van der Waals surface area contributed by atoms with Crippen LogP contribution >= 0.6 is 0 Å². The van der Waals surface area contributed by atoms with E-state index in [2.05, 4.69) is 10.8 Å². The number of nitrogens with zero attached hydrogens (tertiary/aromatic N) is 1. The van der Waals surface area contributed by atoms with E-state index in [4.69, 9.17) is 4.74 Å². The highest BCUT2D eigenvalue weighted by molar-refractivity contribution is 7.90. The van der Waals surface area contributed by atoms with Crippen molar-refractivity contribution < 1.29 is 22.3 Å². The van der Waals surface area contributed by atoms with Crippen LogP contribution in [0.2, 0.25) is 0 Å². The molecule has 6 nitrogen and oxygen atoms in total. The first-order valence-electron chi connectivity index (χ1n) is 8.19. The van der Waals surface area contributed by atoms with Crippen LogP contribution in [0.4, 0.5) is 4.39 Å². The number of hydrogen-bond donors (Lipinski definition) is 1. The predicted molar refractivity (Wildman–Crippen MR) is 87.5 cm³/mol. The molecule has 0 aromatic heterocycles. The zero-order valence-corrected chi connectivity index (χ0v) is 14.4. The molecule has 1 amide bonds. The molecule has 1 atom stereocenters. The SMILES string of the molecule is N#CC1(CS(=O)(=O)NC(=O)C2COc3ccc(F)cc3C2)CCCC1. The Morgan fingerprint density at radius 2 is 2.12 bits per heavy atom. The number of amides is 1. The second kappa shape index (κ2) is 6.64. The van der Waals surface area contributed by atoms with Crippen LogP contribution in [0.25, 0.3) is 0 Å². The molecule has 0 saturated heterocycles. The molecule has 0 radical (unpaired) electrons. The van der Waals surface area contributed by atoms with Crippen LogP contribution in [0.5, 0.6) is 5.75 Å². The Morgan fingerprint density at radius 3 is 2.80 bits per heavy atom. The van der Waals surface area contributed by atoms with Crippen LogP contribution < -0.4 is 9.46 Å². The van der Waals surface area contributed by atoms with Gasteiger partial charge in [-0.2, -0.15) is 5.26 Å². The summed E-state index contributed by atoms with van der Waals surface area (Å²) < 4.78 is 45.5. The fraction of sp³-hybridized carbons (Fsp3) is 0.529. The lowest BCUT2D eigenvalue weighted by Crippen LogP contribution is -2.43. The molecule has 1 unspecified atom stereocenters. The summed E-state index contributed by atoms with van der Waals surface area (Å²) in [7, 11) is -3.92. The maximum atomic E-state index is 13.3. The van der Waals surface area contributed by atoms with E-state index in [1.807, 2.05) is 0 Å². The van der Waals surface area contributed by atoms with Crippen molar-refractivity contribution in [2.24, 2.45) is 11.3 Å². The zero-order chi connectivity index (χ0) is 18.1. The van der Waals surface area contributed by atoms with E-state index in [1.165, 1.54) is 18.2 Å². The van der Waals surface area contributed by atoms with E-state index in [9.17, 15) is 22.9 Å². The van der Waals surface area contributed by atoms with Gasteiger partial charge in [0.05, 0.1) is 23.2 Å². The topological polar surface area (TPSA) is 96.3 Å². The number of nitrogens with one attached hydrogen (secondary N) is 1. The monoisotopic (exact) mass is 366 g/mol. The van der Waals surface area contributed by atoms with Gasteiger partial charge in [-0.1, -0.05) is 12.8 Å². The van der Waals surface area contributed by atoms with E-state index in [-0.39, 0.29) is 18.8 Å². The van der Waals surface area contributed by atoms with Crippen molar-refractivity contribution in [1.82, 2.24) is 4.72 Å². The van der Waals surface area contributed by atoms with Crippen molar-refractivity contribution >= 4 is 15.9 Å². The van der Waals surface area contributed by atoms with Crippen LogP contribution in [0.15, 0.2) is 18.2 Å². The molecule has 134 valence electrons. The number of rotatable bonds is 4. The summed E-state index contributed by atoms with van der Waals surface area (Å²) in [6.45, 7) is 0.0311. The van der Waals surface area contributed by atoms with E-state index < -0.39 is 33.1 Å². The van der Waals surface area contributed by atoms with E-state index in [0.29, 0.717) is 24.2 Å². The van der Waals surface area contributed by atoms with Crippen LogP contribution in [-0.2, 0) is 21.2 Å². The molecule has 1 aliphatic carbocycles. The van der Waals surface area contributed by atoms with Crippen LogP contribution in [0.1, 0.15) is 31.2 Å². The Bertz CT molecular complexity index is 826. The minimum atomic E-state index is -3.92. The number of halogens is 1. The summed E-state index contributed by atoms with van der Waals surface area (Å²) in [5.74, 6) is -1.70. The molecular weight excluding hydrogens is 347 g/mol. The molecule has 1 aromatic rings. The van der Waals surface area contributed by atoms with Gasteiger partial charge in [-0.15, -0.1) is 0 Å². The lowest BCUT2D eigenvalue weighted by Gasteiger charge is -2.25. The van der Waals surface area contributed by atoms with E-state index in [1.54, 1.807) is 0 Å². The maximum absolute atomic E-state index is 13.3. The highest BCUT2D eigenvalue weighted by atomic mass is 32.2. The average molecular weight is 366 g/mol. The summed E-state index contributed by atoms with van der Waals surface area (Å²) in [6.07, 6.45) is 2.89. The van der Waals surface area contributed by atoms with Gasteiger partial charge < -0.3 is 4.74 Å². The van der Waals surface area contributed by atoms with Crippen molar-refractivity contribution in [3.05, 3.63) is 29.6 Å². The first kappa shape index (κ1) is 17.7. The van der Waals surface area contributed by atoms with Gasteiger partial charge in [0.2, 0.25) is 15.9 Å². The number of fused-ring (bicyclic) bond motifs is 1. The van der Waals surface area contributed by atoms with Gasteiger partial charge in [0.15, 0.2) is 0 Å². The summed E-state index contributed by atoms with van der Waals surface area (Å²) >= 11 is 0. The Balaban J connectivity index is 1.67. The Kier molecular flexibility index (Phi) is 4.69. The molecule has 1 fully saturated rings. The second-order valence-electron chi connectivity index (χ2n) is 6.79. The third kappa shape index (κ3) is 3.93. The van der Waals surface area contributed by atoms with E-state index in [0.717, 1.165) is 12.8 Å². The first-order valence-corrected chi connectivity index (χ1v) is 9.85. The Morgan fingerprint density at radius 1 is 1.40 bits per heavy atom. The molecule has 25 heavy (non-hydrogen) atoms. The highest BCUT2D eigenvalue weighted by Gasteiger charge is 2.40. The smallest absolute Gasteiger partial charge is 0.240 e. The van der Waals surface area contributed by atoms with Gasteiger partial charge in [0.25, 0.3) is 0 Å². The molecule has 0 spiro atoms. The largest absolute Gasteiger partial charge is 0.492 e. The Labute approximate surface area is 146 Å². The lowest BCUT2D eigenvalue weighted by molar-refractivity contribution is -0.124. The predicted octanol–water partition coefficient (Wildman–Crippen LogP) is 1.91. The summed E-state index contributed by atoms with van der Waals surface area (Å²) in [5, 5.41) is 9.32. The number of ether oxygens (including phenoxy) is 1. The zero-order valence-electron chi connectivity index (χ0n) is 13.6. The average Bonchev–Trinajstić information content (AvgIpc) is 3.01. The van der Waals surface area contributed by atoms with Crippen molar-refractivity contribution in [3.8, 4) is 11.8 Å². The van der Waals surface area contributed by atoms with Gasteiger partial charge in [0.1, 0.15) is 18.2 Å². The molecule has 1 aliphatic heterocycles. The van der Waals surface area contributed by atoms with Crippen LogP contribution in [-0.4, -0.2) is 26.7 Å². The number of carbonyl (C=O) groups is 1. The van der Waals surface area contributed by atoms with Gasteiger partial charge in [-0.3, -0.25) is 9.52 Å². The maximum Gasteiger partial charge on any atom is 0.240 e. The molecule has 2 aliphatic rings. The van der Waals surface area contributed by atoms with Crippen molar-refractivity contribution in [3.63, 3.8) is 0 Å². The standard InChI is InChI=1S/C17H19FN2O4S/c18-14-3-4-15-12(8-14)7-13(9-24-15)16(21)20-25(22,23)11-17(10-19)5-1-2-6-17/h3-4,8,13H,1-2,5-7,9,11H2,(H,20,21). The molecule has 1 heterocycles. The quantitative estimate of drug-likeness (QED) is 0.878. The molecule has 1 N–H and O–H groups in total. The number of carbonyl (C=O) groups excluding carboxylic acids is 1. The van der Waals surface area contributed by atoms with Crippen LogP contribution in [0, 0.1) is 28.5 Å². The third-order valence-electron chi connectivity index (χ3n) is 4.82. The lowest BCUT2D eigenvalue weighted by atomic mass is 9.91. The summed E-state index contributed by atoms with van der Waals surface area (Å²) in [4.78, 5) is 12.3. The molecule has 1 aromatic carbocycles. The normalized spacial score (nSPS) is 21.7. The number of benzene rings is 1. The highest BCUT2D eigenvalue weighted by Crippen LogP contribution is 2.38. The molecule has 3 rings (SSSR count). The van der Waals surface area contributed by atoms with Crippen molar-refractivity contribution in [1.29, 1.82) is 5.26 Å². The Hall–Kier alpha value is -2.14. The van der Waals surface area contributed by atoms with Gasteiger partial charge in [0, 0.05) is 0 Å². The van der Waals surface area contributed by atoms with Crippen molar-refractivity contribution in [2.75, 3.05) is 12.4 Å². The van der Waals surface area contributed by atoms with Gasteiger partial charge >= 0.3 is 0 Å². The molecule has 8 heteroatoms. The van der Waals surface area contributed by atoms with E-state index >= 15 is 0 Å². The fourth-order valence-corrected chi connectivity index (χ4v) is 5.13. The molecule has 1 saturated carbocycles.